The van der Waals surface area contributed by atoms with Crippen LogP contribution in [0.5, 0.6) is 0 Å². The zero-order valence-electron chi connectivity index (χ0n) is 3.75. The summed E-state index contributed by atoms with van der Waals surface area (Å²) in [6, 6.07) is 0. The molecule has 1 rings (SSSR count). The fourth-order valence-electron chi connectivity index (χ4n) is 0.295. The van der Waals surface area contributed by atoms with E-state index in [0.29, 0.717) is 6.79 Å². The van der Waals surface area contributed by atoms with Gasteiger partial charge < -0.3 is 9.47 Å². The minimum atomic E-state index is 0.500. The minimum Gasteiger partial charge on any atom is -0.353 e. The van der Waals surface area contributed by atoms with Crippen LogP contribution in [0, 0.1) is 9.93 Å². The highest BCUT2D eigenvalue weighted by Gasteiger charge is 1.93. The Kier molecular flexibility index (Phi) is 5.14. The first-order chi connectivity index (χ1) is 3.50. The molecule has 0 saturated carbocycles. The molecule has 0 unspecified atom stereocenters. The molecule has 1 heterocycles. The van der Waals surface area contributed by atoms with Gasteiger partial charge in [0.15, 0.2) is 0 Å². The Bertz CT molecular complexity index is 26.3. The van der Waals surface area contributed by atoms with Gasteiger partial charge >= 0.3 is 0 Å². The molecule has 0 atom stereocenters. The van der Waals surface area contributed by atoms with Crippen molar-refractivity contribution < 1.29 is 9.47 Å². The Hall–Kier alpha value is -0.480. The summed E-state index contributed by atoms with van der Waals surface area (Å²) in [5, 5.41) is 0. The molecule has 1 aliphatic rings. The largest absolute Gasteiger partial charge is 0.353 e. The molecule has 0 aromatic carbocycles. The topological polar surface area (TPSA) is 52.6 Å². The van der Waals surface area contributed by atoms with E-state index in [2.05, 4.69) is 0 Å². The van der Waals surface area contributed by atoms with Gasteiger partial charge in [-0.3, -0.25) is 0 Å². The van der Waals surface area contributed by atoms with Gasteiger partial charge in [0, 0.05) is 9.93 Å². The van der Waals surface area contributed by atoms with Crippen LogP contribution in [-0.4, -0.2) is 20.0 Å². The van der Waals surface area contributed by atoms with E-state index in [1.807, 2.05) is 0 Å². The normalized spacial score (nSPS) is 17.7. The summed E-state index contributed by atoms with van der Waals surface area (Å²) in [5.41, 5.74) is 0. The number of hydrogen-bond donors (Lipinski definition) is 0. The van der Waals surface area contributed by atoms with Crippen LogP contribution in [0.4, 0.5) is 0 Å². The second-order valence-electron chi connectivity index (χ2n) is 0.934. The maximum atomic E-state index is 7.00. The van der Waals surface area contributed by atoms with Crippen LogP contribution < -0.4 is 0 Å². The van der Waals surface area contributed by atoms with Gasteiger partial charge in [-0.05, 0) is 0 Å². The lowest BCUT2D eigenvalue weighted by molar-refractivity contribution is 0.0692. The highest BCUT2D eigenvalue weighted by atomic mass is 16.7. The molecule has 0 N–H and O–H groups in total. The van der Waals surface area contributed by atoms with Gasteiger partial charge in [-0.15, -0.1) is 0 Å². The molecule has 1 aliphatic heterocycles. The number of hydrogen-bond acceptors (Lipinski definition) is 4. The highest BCUT2D eigenvalue weighted by Crippen LogP contribution is 1.85. The Morgan fingerprint density at radius 2 is 1.43 bits per heavy atom. The van der Waals surface area contributed by atoms with Gasteiger partial charge in [0.05, 0.1) is 13.2 Å². The van der Waals surface area contributed by atoms with Gasteiger partial charge in [0.1, 0.15) is 6.79 Å². The van der Waals surface area contributed by atoms with E-state index in [1.54, 1.807) is 0 Å². The third-order valence-electron chi connectivity index (χ3n) is 0.539. The van der Waals surface area contributed by atoms with E-state index in [-0.39, 0.29) is 0 Å². The number of ether oxygens (including phenoxy) is 2. The second-order valence-corrected chi connectivity index (χ2v) is 0.934. The molecule has 0 aromatic heterocycles. The zero-order valence-corrected chi connectivity index (χ0v) is 3.75. The third-order valence-corrected chi connectivity index (χ3v) is 0.539. The van der Waals surface area contributed by atoms with Crippen molar-refractivity contribution in [1.82, 2.24) is 0 Å². The van der Waals surface area contributed by atoms with Crippen molar-refractivity contribution in [2.45, 2.75) is 0 Å². The van der Waals surface area contributed by atoms with E-state index < -0.39 is 0 Å². The lowest BCUT2D eigenvalue weighted by Gasteiger charge is -1.76. The van der Waals surface area contributed by atoms with Gasteiger partial charge in [0.2, 0.25) is 0 Å². The lowest BCUT2D eigenvalue weighted by Crippen LogP contribution is -1.79. The molecule has 0 aromatic rings. The average molecular weight is 106 g/mol. The van der Waals surface area contributed by atoms with E-state index in [0.717, 1.165) is 13.2 Å². The standard InChI is InChI=1S/C3H6O2.O2/c1-2-5-3-4-1;1-2/h1-3H2;. The zero-order chi connectivity index (χ0) is 5.54. The van der Waals surface area contributed by atoms with Gasteiger partial charge in [-0.1, -0.05) is 0 Å². The predicted molar refractivity (Wildman–Crippen MR) is 23.5 cm³/mol. The second kappa shape index (κ2) is 5.52. The lowest BCUT2D eigenvalue weighted by atomic mass is 10.8. The Morgan fingerprint density at radius 3 is 1.57 bits per heavy atom. The molecule has 42 valence electrons. The average Bonchev–Trinajstić information content (AvgIpc) is 2.23. The molecule has 0 bridgehead atoms. The molecule has 0 amide bonds. The van der Waals surface area contributed by atoms with Crippen molar-refractivity contribution in [3.05, 3.63) is 9.93 Å². The molecule has 7 heavy (non-hydrogen) atoms. The molecule has 4 nitrogen and oxygen atoms in total. The molecular formula is C3H6O4. The Labute approximate surface area is 40.6 Å². The monoisotopic (exact) mass is 106 g/mol. The number of rotatable bonds is 0. The first-order valence-electron chi connectivity index (χ1n) is 1.82. The summed E-state index contributed by atoms with van der Waals surface area (Å²) in [7, 11) is 0. The van der Waals surface area contributed by atoms with Crippen molar-refractivity contribution in [2.75, 3.05) is 20.0 Å². The van der Waals surface area contributed by atoms with E-state index in [1.165, 1.54) is 0 Å². The van der Waals surface area contributed by atoms with Crippen LogP contribution in [0.15, 0.2) is 0 Å². The molecule has 0 aliphatic carbocycles. The first-order valence-corrected chi connectivity index (χ1v) is 1.82. The molecule has 0 spiro atoms. The molecule has 1 fully saturated rings. The van der Waals surface area contributed by atoms with Crippen molar-refractivity contribution in [1.29, 1.82) is 0 Å². The van der Waals surface area contributed by atoms with Crippen LogP contribution in [-0.2, 0) is 9.47 Å². The predicted octanol–water partition coefficient (Wildman–Crippen LogP) is 0.0577. The van der Waals surface area contributed by atoms with Crippen LogP contribution in [0.1, 0.15) is 0 Å². The van der Waals surface area contributed by atoms with Crippen LogP contribution in [0.25, 0.3) is 0 Å². The molecule has 1 saturated heterocycles. The van der Waals surface area contributed by atoms with Gasteiger partial charge in [0.25, 0.3) is 0 Å². The maximum absolute atomic E-state index is 7.00. The van der Waals surface area contributed by atoms with Crippen LogP contribution in [0.2, 0.25) is 0 Å². The summed E-state index contributed by atoms with van der Waals surface area (Å²) in [6.45, 7) is 2.06. The highest BCUT2D eigenvalue weighted by molar-refractivity contribution is 4.28. The van der Waals surface area contributed by atoms with Crippen LogP contribution in [0.3, 0.4) is 0 Å². The summed E-state index contributed by atoms with van der Waals surface area (Å²) < 4.78 is 9.44. The molecule has 0 radical (unpaired) electrons. The SMILES string of the molecule is C1COCO1.O=O. The van der Waals surface area contributed by atoms with Gasteiger partial charge in [-0.25, -0.2) is 0 Å². The van der Waals surface area contributed by atoms with Crippen molar-refractivity contribution >= 4 is 0 Å². The van der Waals surface area contributed by atoms with Crippen LogP contribution >= 0.6 is 0 Å². The van der Waals surface area contributed by atoms with E-state index >= 15 is 0 Å². The first kappa shape index (κ1) is 6.52. The van der Waals surface area contributed by atoms with Gasteiger partial charge in [-0.2, -0.15) is 0 Å². The van der Waals surface area contributed by atoms with Crippen molar-refractivity contribution in [3.63, 3.8) is 0 Å². The quantitative estimate of drug-likeness (QED) is 0.438. The summed E-state index contributed by atoms with van der Waals surface area (Å²) in [5.74, 6) is 0. The molecular weight excluding hydrogens is 100 g/mol. The molecule has 4 heteroatoms. The Balaban J connectivity index is 0.000000162. The van der Waals surface area contributed by atoms with E-state index in [9.17, 15) is 0 Å². The Morgan fingerprint density at radius 1 is 1.00 bits per heavy atom. The van der Waals surface area contributed by atoms with Crippen molar-refractivity contribution in [2.24, 2.45) is 0 Å². The third kappa shape index (κ3) is 3.35. The summed E-state index contributed by atoms with van der Waals surface area (Å²) in [4.78, 5) is 14.0. The minimum absolute atomic E-state index is 0.500. The van der Waals surface area contributed by atoms with Crippen molar-refractivity contribution in [3.8, 4) is 0 Å². The fraction of sp³-hybridized carbons (Fsp3) is 1.00. The summed E-state index contributed by atoms with van der Waals surface area (Å²) in [6.07, 6.45) is 0. The fourth-order valence-corrected chi connectivity index (χ4v) is 0.295. The maximum Gasteiger partial charge on any atom is 0.146 e. The summed E-state index contributed by atoms with van der Waals surface area (Å²) >= 11 is 0. The smallest absolute Gasteiger partial charge is 0.146 e. The van der Waals surface area contributed by atoms with E-state index in [4.69, 9.17) is 19.4 Å².